The van der Waals surface area contributed by atoms with Gasteiger partial charge < -0.3 is 9.47 Å². The van der Waals surface area contributed by atoms with Crippen molar-refractivity contribution < 1.29 is 9.47 Å². The molecule has 4 aliphatic carbocycles. The van der Waals surface area contributed by atoms with Crippen LogP contribution in [0, 0.1) is 0 Å². The molecule has 0 heterocycles. The predicted octanol–water partition coefficient (Wildman–Crippen LogP) is 7.97. The second-order valence-corrected chi connectivity index (χ2v) is 11.1. The molecule has 2 heteroatoms. The Balaban J connectivity index is 1.32. The molecule has 0 radical (unpaired) electrons. The number of methoxy groups -OCH3 is 2. The molecule has 4 unspecified atom stereocenters. The van der Waals surface area contributed by atoms with E-state index >= 15 is 0 Å². The fourth-order valence-corrected chi connectivity index (χ4v) is 8.43. The summed E-state index contributed by atoms with van der Waals surface area (Å²) >= 11 is 0. The fraction of sp³-hybridized carbons (Fsp3) is 0.235. The molecule has 4 bridgehead atoms. The van der Waals surface area contributed by atoms with Gasteiger partial charge in [0.15, 0.2) is 0 Å². The van der Waals surface area contributed by atoms with Crippen LogP contribution in [0.1, 0.15) is 81.0 Å². The summed E-state index contributed by atoms with van der Waals surface area (Å²) in [6.45, 7) is 0. The third-order valence-electron chi connectivity index (χ3n) is 9.71. The van der Waals surface area contributed by atoms with Crippen molar-refractivity contribution in [3.05, 3.63) is 117 Å². The monoisotopic (exact) mass is 466 g/mol. The van der Waals surface area contributed by atoms with Crippen LogP contribution in [0.5, 0.6) is 11.5 Å². The maximum atomic E-state index is 6.35. The van der Waals surface area contributed by atoms with Crippen molar-refractivity contribution in [3.8, 4) is 11.5 Å². The minimum absolute atomic E-state index is 0.383. The first-order chi connectivity index (χ1) is 17.8. The third-order valence-corrected chi connectivity index (χ3v) is 9.71. The normalized spacial score (nSPS) is 23.6. The maximum absolute atomic E-state index is 6.35. The van der Waals surface area contributed by atoms with E-state index in [9.17, 15) is 0 Å². The van der Waals surface area contributed by atoms with E-state index in [4.69, 9.17) is 9.47 Å². The van der Waals surface area contributed by atoms with Crippen LogP contribution in [-0.4, -0.2) is 14.2 Å². The molecule has 0 saturated carbocycles. The first kappa shape index (κ1) is 19.4. The molecule has 0 fully saturated rings. The standard InChI is InChI=1S/C34H26O2/c1-35-33-29-25-15-27(23-13-19-9-5-3-7-17(19)11-21(23)25)31(29)34(36-2)32-28-16-26(30(32)33)22-12-18-8-4-6-10-20(18)14-24(22)28/h3-14,25-28H,15-16H2,1-2H3. The average molecular weight is 467 g/mol. The summed E-state index contributed by atoms with van der Waals surface area (Å²) in [5.41, 5.74) is 11.5. The van der Waals surface area contributed by atoms with E-state index in [1.54, 1.807) is 0 Å². The van der Waals surface area contributed by atoms with Crippen molar-refractivity contribution in [3.63, 3.8) is 0 Å². The van der Waals surface area contributed by atoms with E-state index in [1.165, 1.54) is 66.1 Å². The molecular formula is C34H26O2. The van der Waals surface area contributed by atoms with E-state index in [2.05, 4.69) is 72.8 Å². The fourth-order valence-electron chi connectivity index (χ4n) is 8.43. The van der Waals surface area contributed by atoms with Crippen LogP contribution < -0.4 is 9.47 Å². The van der Waals surface area contributed by atoms with E-state index in [0.717, 1.165) is 24.3 Å². The Morgan fingerprint density at radius 1 is 0.472 bits per heavy atom. The zero-order valence-electron chi connectivity index (χ0n) is 20.5. The lowest BCUT2D eigenvalue weighted by Gasteiger charge is -2.31. The molecule has 0 aromatic heterocycles. The van der Waals surface area contributed by atoms with Gasteiger partial charge in [0.2, 0.25) is 0 Å². The zero-order valence-corrected chi connectivity index (χ0v) is 20.5. The van der Waals surface area contributed by atoms with Gasteiger partial charge in [-0.3, -0.25) is 0 Å². The van der Waals surface area contributed by atoms with Crippen molar-refractivity contribution in [2.75, 3.05) is 14.2 Å². The van der Waals surface area contributed by atoms with Crippen LogP contribution >= 0.6 is 0 Å². The number of fused-ring (bicyclic) bond motifs is 18. The molecule has 5 aromatic carbocycles. The maximum Gasteiger partial charge on any atom is 0.127 e. The molecule has 4 aliphatic rings. The van der Waals surface area contributed by atoms with Crippen LogP contribution in [0.3, 0.4) is 0 Å². The number of ether oxygens (including phenoxy) is 2. The van der Waals surface area contributed by atoms with Gasteiger partial charge in [-0.2, -0.15) is 0 Å². The predicted molar refractivity (Wildman–Crippen MR) is 144 cm³/mol. The summed E-state index contributed by atoms with van der Waals surface area (Å²) in [4.78, 5) is 0. The van der Waals surface area contributed by atoms with Crippen LogP contribution in [0.25, 0.3) is 21.5 Å². The van der Waals surface area contributed by atoms with E-state index in [-0.39, 0.29) is 0 Å². The number of hydrogen-bond donors (Lipinski definition) is 0. The van der Waals surface area contributed by atoms with Gasteiger partial charge in [-0.1, -0.05) is 72.8 Å². The number of hydrogen-bond acceptors (Lipinski definition) is 2. The van der Waals surface area contributed by atoms with Gasteiger partial charge in [-0.05, 0) is 56.6 Å². The zero-order chi connectivity index (χ0) is 23.7. The Labute approximate surface area is 210 Å². The van der Waals surface area contributed by atoms with Gasteiger partial charge in [-0.15, -0.1) is 0 Å². The van der Waals surface area contributed by atoms with Crippen molar-refractivity contribution in [1.29, 1.82) is 0 Å². The van der Waals surface area contributed by atoms with Crippen LogP contribution in [0.15, 0.2) is 72.8 Å². The van der Waals surface area contributed by atoms with Crippen molar-refractivity contribution in [1.82, 2.24) is 0 Å². The second kappa shape index (κ2) is 6.50. The summed E-state index contributed by atoms with van der Waals surface area (Å²) in [7, 11) is 3.76. The first-order valence-electron chi connectivity index (χ1n) is 13.1. The van der Waals surface area contributed by atoms with Crippen molar-refractivity contribution in [2.24, 2.45) is 0 Å². The molecule has 0 spiro atoms. The Bertz CT molecular complexity index is 1540. The molecule has 2 nitrogen and oxygen atoms in total. The summed E-state index contributed by atoms with van der Waals surface area (Å²) in [6.07, 6.45) is 2.26. The van der Waals surface area contributed by atoms with Crippen LogP contribution in [-0.2, 0) is 0 Å². The van der Waals surface area contributed by atoms with E-state index in [0.29, 0.717) is 23.7 Å². The molecule has 0 amide bonds. The SMILES string of the molecule is COc1c2c(c(OC)c3c1C1CC3c3cc4ccccc4cc31)C1CC2c2cc3ccccc3cc21. The summed E-state index contributed by atoms with van der Waals surface area (Å²) < 4.78 is 12.7. The molecular weight excluding hydrogens is 440 g/mol. The van der Waals surface area contributed by atoms with Crippen molar-refractivity contribution in [2.45, 2.75) is 36.5 Å². The van der Waals surface area contributed by atoms with Gasteiger partial charge in [0.1, 0.15) is 11.5 Å². The van der Waals surface area contributed by atoms with Gasteiger partial charge in [0.25, 0.3) is 0 Å². The minimum atomic E-state index is 0.383. The highest BCUT2D eigenvalue weighted by Crippen LogP contribution is 2.69. The summed E-state index contributed by atoms with van der Waals surface area (Å²) in [5.74, 6) is 3.81. The van der Waals surface area contributed by atoms with E-state index < -0.39 is 0 Å². The molecule has 0 N–H and O–H groups in total. The van der Waals surface area contributed by atoms with Crippen LogP contribution in [0.2, 0.25) is 0 Å². The lowest BCUT2D eigenvalue weighted by atomic mass is 9.76. The Morgan fingerprint density at radius 2 is 0.750 bits per heavy atom. The largest absolute Gasteiger partial charge is 0.496 e. The van der Waals surface area contributed by atoms with Gasteiger partial charge in [0.05, 0.1) is 14.2 Å². The second-order valence-electron chi connectivity index (χ2n) is 11.1. The topological polar surface area (TPSA) is 18.5 Å². The van der Waals surface area contributed by atoms with Gasteiger partial charge in [0, 0.05) is 45.9 Å². The van der Waals surface area contributed by atoms with Gasteiger partial charge in [-0.25, -0.2) is 0 Å². The average Bonchev–Trinajstić information content (AvgIpc) is 3.68. The molecule has 0 saturated heterocycles. The van der Waals surface area contributed by atoms with Crippen molar-refractivity contribution >= 4 is 21.5 Å². The Morgan fingerprint density at radius 3 is 1.00 bits per heavy atom. The van der Waals surface area contributed by atoms with E-state index in [1.807, 2.05) is 14.2 Å². The third kappa shape index (κ3) is 2.12. The highest BCUT2D eigenvalue weighted by atomic mass is 16.5. The quantitative estimate of drug-likeness (QED) is 0.263. The highest BCUT2D eigenvalue weighted by molar-refractivity contribution is 5.89. The Hall–Kier alpha value is -3.78. The molecule has 174 valence electrons. The lowest BCUT2D eigenvalue weighted by Crippen LogP contribution is -2.14. The molecule has 5 aromatic rings. The molecule has 0 aliphatic heterocycles. The van der Waals surface area contributed by atoms with Gasteiger partial charge >= 0.3 is 0 Å². The first-order valence-corrected chi connectivity index (χ1v) is 13.1. The lowest BCUT2D eigenvalue weighted by molar-refractivity contribution is 0.388. The van der Waals surface area contributed by atoms with Crippen LogP contribution in [0.4, 0.5) is 0 Å². The molecule has 36 heavy (non-hydrogen) atoms. The smallest absolute Gasteiger partial charge is 0.127 e. The molecule has 9 rings (SSSR count). The number of rotatable bonds is 2. The molecule has 4 atom stereocenters. The summed E-state index contributed by atoms with van der Waals surface area (Å²) in [6, 6.07) is 27.3. The Kier molecular flexibility index (Phi) is 3.51. The minimum Gasteiger partial charge on any atom is -0.496 e. The summed E-state index contributed by atoms with van der Waals surface area (Å²) in [5, 5.41) is 5.32. The number of benzene rings is 5. The highest BCUT2D eigenvalue weighted by Gasteiger charge is 2.52.